The zero-order valence-electron chi connectivity index (χ0n) is 7.56. The molecule has 0 aromatic heterocycles. The van der Waals surface area contributed by atoms with Gasteiger partial charge < -0.3 is 5.11 Å². The first kappa shape index (κ1) is 9.40. The molecule has 0 heterocycles. The third-order valence-electron chi connectivity index (χ3n) is 1.94. The molecular weight excluding hydrogens is 172 g/mol. The molecule has 0 saturated heterocycles. The van der Waals surface area contributed by atoms with Crippen molar-refractivity contribution in [3.63, 3.8) is 0 Å². The Hall–Kier alpha value is -0.690. The van der Waals surface area contributed by atoms with Crippen LogP contribution in [0, 0.1) is 6.92 Å². The second-order valence-corrected chi connectivity index (χ2v) is 3.73. The monoisotopic (exact) mass is 184 g/mol. The summed E-state index contributed by atoms with van der Waals surface area (Å²) in [5.41, 5.74) is 2.00. The van der Waals surface area contributed by atoms with Crippen LogP contribution < -0.4 is 0 Å². The highest BCUT2D eigenvalue weighted by atomic mass is 35.5. The fourth-order valence-electron chi connectivity index (χ4n) is 1.10. The van der Waals surface area contributed by atoms with Crippen LogP contribution in [-0.4, -0.2) is 5.11 Å². The molecule has 1 rings (SSSR count). The second-order valence-electron chi connectivity index (χ2n) is 3.32. The molecule has 0 atom stereocenters. The Morgan fingerprint density at radius 3 is 2.33 bits per heavy atom. The number of aromatic hydroxyl groups is 1. The van der Waals surface area contributed by atoms with Crippen molar-refractivity contribution >= 4 is 11.6 Å². The first-order valence-electron chi connectivity index (χ1n) is 4.01. The third-order valence-corrected chi connectivity index (χ3v) is 2.23. The van der Waals surface area contributed by atoms with Gasteiger partial charge in [-0.15, -0.1) is 0 Å². The van der Waals surface area contributed by atoms with E-state index in [0.29, 0.717) is 10.9 Å². The summed E-state index contributed by atoms with van der Waals surface area (Å²) in [6.45, 7) is 6.05. The largest absolute Gasteiger partial charge is 0.506 e. The standard InChI is InChI=1S/C10H13ClO/c1-6(2)8-4-7(3)10(12)9(11)5-8/h4-6,12H,1-3H3. The molecule has 0 aliphatic carbocycles. The van der Waals surface area contributed by atoms with E-state index in [1.807, 2.05) is 19.1 Å². The molecule has 1 aromatic rings. The molecule has 2 heteroatoms. The molecule has 0 aliphatic rings. The lowest BCUT2D eigenvalue weighted by atomic mass is 10.0. The van der Waals surface area contributed by atoms with Crippen molar-refractivity contribution in [3.8, 4) is 5.75 Å². The van der Waals surface area contributed by atoms with Gasteiger partial charge in [-0.05, 0) is 30.0 Å². The number of aryl methyl sites for hydroxylation is 1. The second kappa shape index (κ2) is 3.36. The summed E-state index contributed by atoms with van der Waals surface area (Å²) < 4.78 is 0. The minimum atomic E-state index is 0.195. The van der Waals surface area contributed by atoms with Gasteiger partial charge in [0.05, 0.1) is 5.02 Å². The number of benzene rings is 1. The van der Waals surface area contributed by atoms with E-state index in [-0.39, 0.29) is 5.75 Å². The highest BCUT2D eigenvalue weighted by Gasteiger charge is 2.06. The van der Waals surface area contributed by atoms with E-state index < -0.39 is 0 Å². The quantitative estimate of drug-likeness (QED) is 0.709. The Labute approximate surface area is 78.0 Å². The molecule has 0 amide bonds. The Morgan fingerprint density at radius 1 is 1.33 bits per heavy atom. The molecule has 0 unspecified atom stereocenters. The number of hydrogen-bond donors (Lipinski definition) is 1. The SMILES string of the molecule is Cc1cc(C(C)C)cc(Cl)c1O. The Balaban J connectivity index is 3.21. The molecular formula is C10H13ClO. The lowest BCUT2D eigenvalue weighted by Gasteiger charge is -2.08. The smallest absolute Gasteiger partial charge is 0.137 e. The van der Waals surface area contributed by atoms with Crippen molar-refractivity contribution in [1.82, 2.24) is 0 Å². The first-order chi connectivity index (χ1) is 5.52. The van der Waals surface area contributed by atoms with Gasteiger partial charge in [-0.3, -0.25) is 0 Å². The van der Waals surface area contributed by atoms with Crippen molar-refractivity contribution in [1.29, 1.82) is 0 Å². The van der Waals surface area contributed by atoms with Gasteiger partial charge in [-0.2, -0.15) is 0 Å². The van der Waals surface area contributed by atoms with Crippen LogP contribution in [0.4, 0.5) is 0 Å². The van der Waals surface area contributed by atoms with Crippen molar-refractivity contribution in [2.45, 2.75) is 26.7 Å². The molecule has 0 bridgehead atoms. The predicted octanol–water partition coefficient (Wildman–Crippen LogP) is 3.48. The molecule has 1 aromatic carbocycles. The highest BCUT2D eigenvalue weighted by Crippen LogP contribution is 2.30. The molecule has 12 heavy (non-hydrogen) atoms. The van der Waals surface area contributed by atoms with E-state index in [1.54, 1.807) is 0 Å². The number of phenols is 1. The van der Waals surface area contributed by atoms with E-state index in [0.717, 1.165) is 11.1 Å². The van der Waals surface area contributed by atoms with Crippen molar-refractivity contribution in [3.05, 3.63) is 28.3 Å². The van der Waals surface area contributed by atoms with Gasteiger partial charge >= 0.3 is 0 Å². The average Bonchev–Trinajstić information content (AvgIpc) is 1.99. The van der Waals surface area contributed by atoms with Crippen LogP contribution in [-0.2, 0) is 0 Å². The molecule has 0 spiro atoms. The van der Waals surface area contributed by atoms with Crippen LogP contribution in [0.5, 0.6) is 5.75 Å². The summed E-state index contributed by atoms with van der Waals surface area (Å²) in [6.07, 6.45) is 0. The first-order valence-corrected chi connectivity index (χ1v) is 4.39. The van der Waals surface area contributed by atoms with Crippen LogP contribution in [0.2, 0.25) is 5.02 Å². The maximum Gasteiger partial charge on any atom is 0.137 e. The van der Waals surface area contributed by atoms with Crippen molar-refractivity contribution < 1.29 is 5.11 Å². The van der Waals surface area contributed by atoms with Gasteiger partial charge in [-0.25, -0.2) is 0 Å². The fraction of sp³-hybridized carbons (Fsp3) is 0.400. The van der Waals surface area contributed by atoms with E-state index >= 15 is 0 Å². The molecule has 66 valence electrons. The lowest BCUT2D eigenvalue weighted by Crippen LogP contribution is -1.88. The molecule has 0 saturated carbocycles. The highest BCUT2D eigenvalue weighted by molar-refractivity contribution is 6.32. The van der Waals surface area contributed by atoms with Gasteiger partial charge in [0, 0.05) is 0 Å². The van der Waals surface area contributed by atoms with E-state index in [9.17, 15) is 5.11 Å². The number of rotatable bonds is 1. The summed E-state index contributed by atoms with van der Waals surface area (Å²) in [7, 11) is 0. The van der Waals surface area contributed by atoms with Crippen molar-refractivity contribution in [2.75, 3.05) is 0 Å². The zero-order valence-corrected chi connectivity index (χ0v) is 8.31. The maximum atomic E-state index is 9.38. The summed E-state index contributed by atoms with van der Waals surface area (Å²) in [5, 5.41) is 9.82. The van der Waals surface area contributed by atoms with Crippen LogP contribution in [0.3, 0.4) is 0 Å². The zero-order chi connectivity index (χ0) is 9.30. The van der Waals surface area contributed by atoms with Crippen LogP contribution in [0.25, 0.3) is 0 Å². The average molecular weight is 185 g/mol. The predicted molar refractivity (Wildman–Crippen MR) is 51.9 cm³/mol. The number of hydrogen-bond acceptors (Lipinski definition) is 1. The Bertz CT molecular complexity index is 269. The van der Waals surface area contributed by atoms with Gasteiger partial charge in [-0.1, -0.05) is 31.5 Å². The summed E-state index contributed by atoms with van der Waals surface area (Å²) >= 11 is 5.81. The Morgan fingerprint density at radius 2 is 1.92 bits per heavy atom. The minimum absolute atomic E-state index is 0.195. The third kappa shape index (κ3) is 1.72. The Kier molecular flexibility index (Phi) is 2.63. The number of halogens is 1. The van der Waals surface area contributed by atoms with Crippen LogP contribution in [0.1, 0.15) is 30.9 Å². The summed E-state index contributed by atoms with van der Waals surface area (Å²) in [4.78, 5) is 0. The van der Waals surface area contributed by atoms with Gasteiger partial charge in [0.2, 0.25) is 0 Å². The number of phenolic OH excluding ortho intramolecular Hbond substituents is 1. The summed E-state index contributed by atoms with van der Waals surface area (Å²) in [6, 6.07) is 3.78. The topological polar surface area (TPSA) is 20.2 Å². The molecule has 0 aliphatic heterocycles. The molecule has 0 fully saturated rings. The van der Waals surface area contributed by atoms with Crippen molar-refractivity contribution in [2.24, 2.45) is 0 Å². The van der Waals surface area contributed by atoms with E-state index in [4.69, 9.17) is 11.6 Å². The molecule has 0 radical (unpaired) electrons. The maximum absolute atomic E-state index is 9.38. The molecule has 1 nitrogen and oxygen atoms in total. The molecule has 1 N–H and O–H groups in total. The van der Waals surface area contributed by atoms with Gasteiger partial charge in [0.1, 0.15) is 5.75 Å². The summed E-state index contributed by atoms with van der Waals surface area (Å²) in [5.74, 6) is 0.642. The van der Waals surface area contributed by atoms with E-state index in [1.165, 1.54) is 0 Å². The van der Waals surface area contributed by atoms with E-state index in [2.05, 4.69) is 13.8 Å². The van der Waals surface area contributed by atoms with Gasteiger partial charge in [0.25, 0.3) is 0 Å². The van der Waals surface area contributed by atoms with Crippen LogP contribution in [0.15, 0.2) is 12.1 Å². The van der Waals surface area contributed by atoms with Gasteiger partial charge in [0.15, 0.2) is 0 Å². The fourth-order valence-corrected chi connectivity index (χ4v) is 1.37. The van der Waals surface area contributed by atoms with Crippen LogP contribution >= 0.6 is 11.6 Å². The lowest BCUT2D eigenvalue weighted by molar-refractivity contribution is 0.471. The normalized spacial score (nSPS) is 10.8. The minimum Gasteiger partial charge on any atom is -0.506 e.